The fraction of sp³-hybridized carbons (Fsp3) is 0.0476. The number of amides is 3. The molecule has 136 valence electrons. The van der Waals surface area contributed by atoms with Crippen LogP contribution >= 0.6 is 0 Å². The van der Waals surface area contributed by atoms with Gasteiger partial charge in [-0.3, -0.25) is 4.79 Å². The summed E-state index contributed by atoms with van der Waals surface area (Å²) in [5, 5.41) is 8.21. The number of rotatable bonds is 5. The molecule has 6 nitrogen and oxygen atoms in total. The van der Waals surface area contributed by atoms with Crippen molar-refractivity contribution in [3.05, 3.63) is 84.3 Å². The van der Waals surface area contributed by atoms with E-state index >= 15 is 0 Å². The Hall–Kier alpha value is -3.80. The molecule has 1 aromatic heterocycles. The van der Waals surface area contributed by atoms with Gasteiger partial charge in [0.05, 0.1) is 0 Å². The lowest BCUT2D eigenvalue weighted by molar-refractivity contribution is -0.111. The van der Waals surface area contributed by atoms with E-state index in [4.69, 9.17) is 4.42 Å². The molecule has 0 unspecified atom stereocenters. The first-order valence-corrected chi connectivity index (χ1v) is 8.37. The van der Waals surface area contributed by atoms with Crippen LogP contribution in [0.15, 0.2) is 77.2 Å². The van der Waals surface area contributed by atoms with Gasteiger partial charge in [-0.15, -0.1) is 0 Å². The molecule has 3 aromatic rings. The van der Waals surface area contributed by atoms with Gasteiger partial charge >= 0.3 is 6.03 Å². The van der Waals surface area contributed by atoms with Gasteiger partial charge in [-0.05, 0) is 61.5 Å². The number of anilines is 3. The molecule has 0 spiro atoms. The quantitative estimate of drug-likeness (QED) is 0.566. The van der Waals surface area contributed by atoms with Gasteiger partial charge in [0.15, 0.2) is 0 Å². The normalized spacial score (nSPS) is 10.6. The van der Waals surface area contributed by atoms with Crippen LogP contribution in [0, 0.1) is 6.92 Å². The highest BCUT2D eigenvalue weighted by atomic mass is 16.3. The Labute approximate surface area is 156 Å². The number of aryl methyl sites for hydroxylation is 1. The largest absolute Gasteiger partial charge is 0.462 e. The molecule has 0 saturated carbocycles. The number of urea groups is 1. The van der Waals surface area contributed by atoms with E-state index < -0.39 is 0 Å². The van der Waals surface area contributed by atoms with E-state index in [0.717, 1.165) is 5.76 Å². The summed E-state index contributed by atoms with van der Waals surface area (Å²) in [7, 11) is 0. The minimum Gasteiger partial charge on any atom is -0.462 e. The van der Waals surface area contributed by atoms with Crippen LogP contribution in [0.1, 0.15) is 11.5 Å². The van der Waals surface area contributed by atoms with Crippen LogP contribution in [0.4, 0.5) is 21.9 Å². The van der Waals surface area contributed by atoms with Crippen molar-refractivity contribution in [2.24, 2.45) is 0 Å². The number of furan rings is 1. The fourth-order valence-electron chi connectivity index (χ4n) is 2.34. The van der Waals surface area contributed by atoms with Crippen molar-refractivity contribution in [3.8, 4) is 0 Å². The van der Waals surface area contributed by atoms with Crippen LogP contribution in [0.3, 0.4) is 0 Å². The highest BCUT2D eigenvalue weighted by Crippen LogP contribution is 2.15. The lowest BCUT2D eigenvalue weighted by Crippen LogP contribution is -2.19. The second kappa shape index (κ2) is 8.53. The Bertz CT molecular complexity index is 944. The molecule has 3 N–H and O–H groups in total. The first-order chi connectivity index (χ1) is 13.1. The minimum atomic E-state index is -0.338. The van der Waals surface area contributed by atoms with E-state index in [1.807, 2.05) is 31.2 Å². The topological polar surface area (TPSA) is 83.4 Å². The summed E-state index contributed by atoms with van der Waals surface area (Å²) in [6, 6.07) is 19.3. The minimum absolute atomic E-state index is 0.272. The second-order valence-corrected chi connectivity index (χ2v) is 5.79. The predicted octanol–water partition coefficient (Wildman–Crippen LogP) is 4.88. The highest BCUT2D eigenvalue weighted by molar-refractivity contribution is 6.02. The molecule has 0 aliphatic carbocycles. The molecule has 1 heterocycles. The third-order valence-electron chi connectivity index (χ3n) is 3.60. The fourth-order valence-corrected chi connectivity index (χ4v) is 2.34. The average Bonchev–Trinajstić information content (AvgIpc) is 3.08. The van der Waals surface area contributed by atoms with Gasteiger partial charge in [0.2, 0.25) is 5.91 Å². The predicted molar refractivity (Wildman–Crippen MR) is 107 cm³/mol. The summed E-state index contributed by atoms with van der Waals surface area (Å²) in [4.78, 5) is 23.9. The van der Waals surface area contributed by atoms with Crippen LogP contribution in [0.2, 0.25) is 0 Å². The van der Waals surface area contributed by atoms with Crippen molar-refractivity contribution < 1.29 is 14.0 Å². The van der Waals surface area contributed by atoms with E-state index in [9.17, 15) is 9.59 Å². The molecule has 0 aliphatic heterocycles. The van der Waals surface area contributed by atoms with Gasteiger partial charge < -0.3 is 20.4 Å². The maximum absolute atomic E-state index is 12.0. The maximum Gasteiger partial charge on any atom is 0.323 e. The summed E-state index contributed by atoms with van der Waals surface area (Å²) in [6.45, 7) is 1.84. The van der Waals surface area contributed by atoms with Crippen molar-refractivity contribution in [2.45, 2.75) is 6.92 Å². The van der Waals surface area contributed by atoms with E-state index in [1.165, 1.54) is 6.08 Å². The molecule has 27 heavy (non-hydrogen) atoms. The number of carbonyl (C=O) groups is 2. The molecule has 3 rings (SSSR count). The summed E-state index contributed by atoms with van der Waals surface area (Å²) in [5.74, 6) is 1.13. The molecule has 2 aromatic carbocycles. The number of hydrogen-bond donors (Lipinski definition) is 3. The summed E-state index contributed by atoms with van der Waals surface area (Å²) >= 11 is 0. The van der Waals surface area contributed by atoms with Gasteiger partial charge in [-0.1, -0.05) is 18.2 Å². The lowest BCUT2D eigenvalue weighted by Gasteiger charge is -2.08. The Balaban J connectivity index is 1.51. The smallest absolute Gasteiger partial charge is 0.323 e. The van der Waals surface area contributed by atoms with E-state index in [2.05, 4.69) is 16.0 Å². The molecule has 3 amide bonds. The molecular formula is C21H19N3O3. The zero-order chi connectivity index (χ0) is 19.1. The molecular weight excluding hydrogens is 342 g/mol. The first-order valence-electron chi connectivity index (χ1n) is 8.37. The number of hydrogen-bond acceptors (Lipinski definition) is 3. The van der Waals surface area contributed by atoms with Gasteiger partial charge in [0, 0.05) is 23.1 Å². The third-order valence-corrected chi connectivity index (χ3v) is 3.60. The zero-order valence-corrected chi connectivity index (χ0v) is 14.7. The van der Waals surface area contributed by atoms with Crippen molar-refractivity contribution in [2.75, 3.05) is 16.0 Å². The number of benzene rings is 2. The maximum atomic E-state index is 12.0. The van der Waals surface area contributed by atoms with Crippen LogP contribution in [-0.2, 0) is 4.79 Å². The molecule has 0 radical (unpaired) electrons. The highest BCUT2D eigenvalue weighted by Gasteiger charge is 2.03. The van der Waals surface area contributed by atoms with Crippen molar-refractivity contribution in [1.29, 1.82) is 0 Å². The molecule has 0 fully saturated rings. The Morgan fingerprint density at radius 1 is 0.778 bits per heavy atom. The summed E-state index contributed by atoms with van der Waals surface area (Å²) in [5.41, 5.74) is 1.94. The lowest BCUT2D eigenvalue weighted by atomic mass is 10.2. The van der Waals surface area contributed by atoms with E-state index in [-0.39, 0.29) is 11.9 Å². The van der Waals surface area contributed by atoms with Gasteiger partial charge in [0.1, 0.15) is 11.5 Å². The molecule has 0 saturated heterocycles. The molecule has 0 aliphatic rings. The van der Waals surface area contributed by atoms with E-state index in [0.29, 0.717) is 22.8 Å². The van der Waals surface area contributed by atoms with Crippen LogP contribution in [-0.4, -0.2) is 11.9 Å². The van der Waals surface area contributed by atoms with Gasteiger partial charge in [-0.2, -0.15) is 0 Å². The first kappa shape index (κ1) is 18.0. The van der Waals surface area contributed by atoms with Crippen LogP contribution in [0.25, 0.3) is 6.08 Å². The summed E-state index contributed by atoms with van der Waals surface area (Å²) in [6.07, 6.45) is 3.00. The monoisotopic (exact) mass is 361 g/mol. The Morgan fingerprint density at radius 2 is 1.37 bits per heavy atom. The third kappa shape index (κ3) is 5.61. The second-order valence-electron chi connectivity index (χ2n) is 5.79. The van der Waals surface area contributed by atoms with Crippen molar-refractivity contribution >= 4 is 35.1 Å². The van der Waals surface area contributed by atoms with Crippen molar-refractivity contribution in [1.82, 2.24) is 0 Å². The Kier molecular flexibility index (Phi) is 5.69. The van der Waals surface area contributed by atoms with E-state index in [1.54, 1.807) is 48.5 Å². The van der Waals surface area contributed by atoms with Crippen molar-refractivity contribution in [3.63, 3.8) is 0 Å². The van der Waals surface area contributed by atoms with Gasteiger partial charge in [0.25, 0.3) is 0 Å². The number of carbonyl (C=O) groups excluding carboxylic acids is 2. The summed E-state index contributed by atoms with van der Waals surface area (Å²) < 4.78 is 5.37. The number of nitrogens with one attached hydrogen (secondary N) is 3. The van der Waals surface area contributed by atoms with Crippen LogP contribution < -0.4 is 16.0 Å². The van der Waals surface area contributed by atoms with Crippen LogP contribution in [0.5, 0.6) is 0 Å². The standard InChI is InChI=1S/C21H19N3O3/c1-15-7-12-19(27-15)13-14-20(25)22-17-8-10-18(11-9-17)24-21(26)23-16-5-3-2-4-6-16/h2-14H,1H3,(H,22,25)(H2,23,24,26)/b14-13-. The SMILES string of the molecule is Cc1ccc(/C=C\C(=O)Nc2ccc(NC(=O)Nc3ccccc3)cc2)o1. The molecule has 6 heteroatoms. The zero-order valence-electron chi connectivity index (χ0n) is 14.7. The molecule has 0 atom stereocenters. The van der Waals surface area contributed by atoms with Gasteiger partial charge in [-0.25, -0.2) is 4.79 Å². The average molecular weight is 361 g/mol. The Morgan fingerprint density at radius 3 is 1.96 bits per heavy atom. The number of para-hydroxylation sites is 1. The molecule has 0 bridgehead atoms.